The maximum Gasteiger partial charge on any atom is 0.271 e. The summed E-state index contributed by atoms with van der Waals surface area (Å²) in [4.78, 5) is 15.0. The number of allylic oxidation sites excluding steroid dienone is 1. The standard InChI is InChI=1S/C21H32N4O2/c1-14(2)6-5-9-25-12-17-16(19-7-8-21(17,13-25)27-19)11-22-20(26)18-10-15(3)24(4)23-18/h6,10,16-17,19H,5,7-9,11-13H2,1-4H3,(H,22,26)/t16-,17+,19+,21+/m0/s1. The van der Waals surface area contributed by atoms with Crippen LogP contribution >= 0.6 is 0 Å². The minimum atomic E-state index is -0.0751. The highest BCUT2D eigenvalue weighted by molar-refractivity contribution is 5.92. The summed E-state index contributed by atoms with van der Waals surface area (Å²) in [6.07, 6.45) is 6.03. The molecule has 27 heavy (non-hydrogen) atoms. The summed E-state index contributed by atoms with van der Waals surface area (Å²) < 4.78 is 8.23. The van der Waals surface area contributed by atoms with E-state index < -0.39 is 0 Å². The second-order valence-corrected chi connectivity index (χ2v) is 8.84. The van der Waals surface area contributed by atoms with E-state index in [2.05, 4.69) is 35.2 Å². The maximum atomic E-state index is 12.5. The molecule has 0 saturated carbocycles. The van der Waals surface area contributed by atoms with Crippen LogP contribution in [0.4, 0.5) is 0 Å². The van der Waals surface area contributed by atoms with Gasteiger partial charge in [-0.3, -0.25) is 14.4 Å². The van der Waals surface area contributed by atoms with Gasteiger partial charge < -0.3 is 10.1 Å². The van der Waals surface area contributed by atoms with Crippen LogP contribution in [-0.4, -0.2) is 58.5 Å². The fourth-order valence-corrected chi connectivity index (χ4v) is 5.24. The number of carbonyl (C=O) groups excluding carboxylic acids is 1. The van der Waals surface area contributed by atoms with Crippen molar-refractivity contribution in [2.75, 3.05) is 26.2 Å². The Bertz CT molecular complexity index is 732. The highest BCUT2D eigenvalue weighted by Gasteiger charge is 2.62. The molecule has 148 valence electrons. The van der Waals surface area contributed by atoms with E-state index in [4.69, 9.17) is 4.74 Å². The van der Waals surface area contributed by atoms with Crippen molar-refractivity contribution < 1.29 is 9.53 Å². The second-order valence-electron chi connectivity index (χ2n) is 8.84. The fraction of sp³-hybridized carbons (Fsp3) is 0.714. The third-order valence-electron chi connectivity index (χ3n) is 6.70. The Morgan fingerprint density at radius 1 is 1.48 bits per heavy atom. The number of nitrogens with zero attached hydrogens (tertiary/aromatic N) is 3. The predicted octanol–water partition coefficient (Wildman–Crippen LogP) is 2.29. The SMILES string of the molecule is CC(C)=CCCN1C[C@@H]2[C@H](CNC(=O)c3cc(C)n(C)n3)[C@H]3CC[C@]2(C1)O3. The van der Waals surface area contributed by atoms with Crippen molar-refractivity contribution in [3.63, 3.8) is 0 Å². The molecule has 0 radical (unpaired) electrons. The van der Waals surface area contributed by atoms with Crippen LogP contribution in [0.3, 0.4) is 0 Å². The van der Waals surface area contributed by atoms with Gasteiger partial charge in [-0.05, 0) is 46.1 Å². The van der Waals surface area contributed by atoms with Gasteiger partial charge in [-0.1, -0.05) is 11.6 Å². The molecule has 3 aliphatic heterocycles. The van der Waals surface area contributed by atoms with Gasteiger partial charge in [-0.25, -0.2) is 0 Å². The van der Waals surface area contributed by atoms with E-state index in [1.54, 1.807) is 4.68 Å². The zero-order chi connectivity index (χ0) is 19.2. The Morgan fingerprint density at radius 3 is 3.00 bits per heavy atom. The first-order valence-corrected chi connectivity index (χ1v) is 10.2. The zero-order valence-corrected chi connectivity index (χ0v) is 17.0. The Labute approximate surface area is 161 Å². The molecule has 0 aliphatic carbocycles. The molecule has 6 heteroatoms. The van der Waals surface area contributed by atoms with Gasteiger partial charge in [0.15, 0.2) is 0 Å². The van der Waals surface area contributed by atoms with Crippen LogP contribution in [0, 0.1) is 18.8 Å². The average Bonchev–Trinajstić information content (AvgIpc) is 3.33. The molecule has 4 rings (SSSR count). The Balaban J connectivity index is 1.36. The number of aromatic nitrogens is 2. The summed E-state index contributed by atoms with van der Waals surface area (Å²) in [5, 5.41) is 7.41. The first-order chi connectivity index (χ1) is 12.9. The molecule has 2 bridgehead atoms. The minimum Gasteiger partial charge on any atom is -0.370 e. The highest BCUT2D eigenvalue weighted by atomic mass is 16.5. The molecule has 4 heterocycles. The Hall–Kier alpha value is -1.66. The molecule has 4 atom stereocenters. The van der Waals surface area contributed by atoms with E-state index in [1.165, 1.54) is 12.0 Å². The summed E-state index contributed by atoms with van der Waals surface area (Å²) in [5.74, 6) is 0.878. The Morgan fingerprint density at radius 2 is 2.30 bits per heavy atom. The number of ether oxygens (including phenoxy) is 1. The average molecular weight is 373 g/mol. The van der Waals surface area contributed by atoms with E-state index in [0.29, 0.717) is 30.2 Å². The van der Waals surface area contributed by atoms with Gasteiger partial charge in [0, 0.05) is 50.8 Å². The van der Waals surface area contributed by atoms with Crippen molar-refractivity contribution in [3.8, 4) is 0 Å². The number of carbonyl (C=O) groups is 1. The summed E-state index contributed by atoms with van der Waals surface area (Å²) in [6, 6.07) is 1.84. The van der Waals surface area contributed by atoms with Crippen molar-refractivity contribution in [2.45, 2.75) is 51.7 Å². The molecule has 0 aromatic carbocycles. The number of nitrogens with one attached hydrogen (secondary N) is 1. The molecule has 1 spiro atoms. The molecule has 3 fully saturated rings. The number of amides is 1. The Kier molecular flexibility index (Phi) is 4.89. The maximum absolute atomic E-state index is 12.5. The number of rotatable bonds is 6. The number of hydrogen-bond acceptors (Lipinski definition) is 4. The van der Waals surface area contributed by atoms with Gasteiger partial charge in [-0.15, -0.1) is 0 Å². The van der Waals surface area contributed by atoms with E-state index >= 15 is 0 Å². The minimum absolute atomic E-state index is 0.0343. The lowest BCUT2D eigenvalue weighted by atomic mass is 9.73. The molecule has 6 nitrogen and oxygen atoms in total. The third kappa shape index (κ3) is 3.45. The van der Waals surface area contributed by atoms with Crippen molar-refractivity contribution in [1.29, 1.82) is 0 Å². The lowest BCUT2D eigenvalue weighted by Crippen LogP contribution is -2.42. The van der Waals surface area contributed by atoms with Gasteiger partial charge in [0.25, 0.3) is 5.91 Å². The molecular weight excluding hydrogens is 340 g/mol. The lowest BCUT2D eigenvalue weighted by Gasteiger charge is -2.29. The van der Waals surface area contributed by atoms with E-state index in [9.17, 15) is 4.79 Å². The number of fused-ring (bicyclic) bond motifs is 1. The topological polar surface area (TPSA) is 59.4 Å². The molecule has 1 aromatic heterocycles. The van der Waals surface area contributed by atoms with Crippen LogP contribution in [-0.2, 0) is 11.8 Å². The predicted molar refractivity (Wildman–Crippen MR) is 105 cm³/mol. The molecule has 1 aromatic rings. The summed E-state index contributed by atoms with van der Waals surface area (Å²) in [5.41, 5.74) is 2.91. The number of hydrogen-bond donors (Lipinski definition) is 1. The van der Waals surface area contributed by atoms with Crippen LogP contribution in [0.1, 0.15) is 49.3 Å². The monoisotopic (exact) mass is 372 g/mol. The van der Waals surface area contributed by atoms with Gasteiger partial charge in [-0.2, -0.15) is 5.10 Å². The molecule has 3 aliphatic rings. The van der Waals surface area contributed by atoms with Gasteiger partial charge in [0.2, 0.25) is 0 Å². The summed E-state index contributed by atoms with van der Waals surface area (Å²) >= 11 is 0. The summed E-state index contributed by atoms with van der Waals surface area (Å²) in [6.45, 7) is 10.2. The zero-order valence-electron chi connectivity index (χ0n) is 17.0. The lowest BCUT2D eigenvalue weighted by molar-refractivity contribution is 0.00290. The van der Waals surface area contributed by atoms with Crippen LogP contribution < -0.4 is 5.32 Å². The second kappa shape index (κ2) is 7.06. The van der Waals surface area contributed by atoms with Crippen LogP contribution in [0.15, 0.2) is 17.7 Å². The molecule has 1 amide bonds. The van der Waals surface area contributed by atoms with Crippen LogP contribution in [0.25, 0.3) is 0 Å². The van der Waals surface area contributed by atoms with Crippen molar-refractivity contribution in [1.82, 2.24) is 20.0 Å². The van der Waals surface area contributed by atoms with E-state index in [1.807, 2.05) is 20.0 Å². The van der Waals surface area contributed by atoms with Crippen LogP contribution in [0.2, 0.25) is 0 Å². The number of aryl methyl sites for hydroxylation is 2. The van der Waals surface area contributed by atoms with Gasteiger partial charge in [0.1, 0.15) is 5.69 Å². The molecular formula is C21H32N4O2. The normalized spacial score (nSPS) is 31.9. The number of likely N-dealkylation sites (tertiary alicyclic amines) is 1. The van der Waals surface area contributed by atoms with Crippen molar-refractivity contribution >= 4 is 5.91 Å². The first kappa shape index (κ1) is 18.7. The van der Waals surface area contributed by atoms with Gasteiger partial charge in [0.05, 0.1) is 11.7 Å². The fourth-order valence-electron chi connectivity index (χ4n) is 5.24. The molecule has 3 saturated heterocycles. The summed E-state index contributed by atoms with van der Waals surface area (Å²) in [7, 11) is 1.86. The quantitative estimate of drug-likeness (QED) is 0.779. The highest BCUT2D eigenvalue weighted by Crippen LogP contribution is 2.54. The first-order valence-electron chi connectivity index (χ1n) is 10.2. The smallest absolute Gasteiger partial charge is 0.271 e. The van der Waals surface area contributed by atoms with E-state index in [-0.39, 0.29) is 11.5 Å². The third-order valence-corrected chi connectivity index (χ3v) is 6.70. The van der Waals surface area contributed by atoms with Gasteiger partial charge >= 0.3 is 0 Å². The van der Waals surface area contributed by atoms with Crippen LogP contribution in [0.5, 0.6) is 0 Å². The molecule has 1 N–H and O–H groups in total. The largest absolute Gasteiger partial charge is 0.370 e. The molecule has 0 unspecified atom stereocenters. The van der Waals surface area contributed by atoms with Crippen molar-refractivity contribution in [2.24, 2.45) is 18.9 Å². The van der Waals surface area contributed by atoms with Crippen molar-refractivity contribution in [3.05, 3.63) is 29.1 Å². The van der Waals surface area contributed by atoms with E-state index in [0.717, 1.165) is 38.2 Å².